The lowest BCUT2D eigenvalue weighted by atomic mass is 9.81. The molecule has 0 spiro atoms. The minimum absolute atomic E-state index is 0.160. The van der Waals surface area contributed by atoms with Crippen LogP contribution >= 0.6 is 0 Å². The minimum atomic E-state index is -0.338. The van der Waals surface area contributed by atoms with Gasteiger partial charge < -0.3 is 20.1 Å². The van der Waals surface area contributed by atoms with Gasteiger partial charge in [-0.25, -0.2) is 0 Å². The van der Waals surface area contributed by atoms with Crippen LogP contribution < -0.4 is 0 Å². The Morgan fingerprint density at radius 2 is 1.21 bits per heavy atom. The van der Waals surface area contributed by atoms with Crippen LogP contribution in [0, 0.1) is 10.8 Å². The highest BCUT2D eigenvalue weighted by Crippen LogP contribution is 2.30. The molecule has 0 fully saturated rings. The van der Waals surface area contributed by atoms with E-state index in [-0.39, 0.29) is 29.6 Å². The maximum Gasteiger partial charge on any atom is 0.0541 e. The summed E-state index contributed by atoms with van der Waals surface area (Å²) in [6.07, 6.45) is 6.94. The summed E-state index contributed by atoms with van der Waals surface area (Å²) < 4.78 is 5.13. The van der Waals surface area contributed by atoms with E-state index < -0.39 is 0 Å². The number of aliphatic hydroxyl groups is 3. The smallest absolute Gasteiger partial charge is 0.0541 e. The molecule has 0 radical (unpaired) electrons. The van der Waals surface area contributed by atoms with E-state index in [0.717, 1.165) is 51.6 Å². The molecule has 0 aromatic rings. The van der Waals surface area contributed by atoms with E-state index in [1.165, 1.54) is 0 Å². The van der Waals surface area contributed by atoms with Gasteiger partial charge in [0.2, 0.25) is 0 Å². The minimum Gasteiger partial charge on any atom is -0.396 e. The number of aliphatic hydroxyl groups excluding tert-OH is 3. The van der Waals surface area contributed by atoms with Gasteiger partial charge in [-0.3, -0.25) is 0 Å². The van der Waals surface area contributed by atoms with Gasteiger partial charge in [0.15, 0.2) is 0 Å². The van der Waals surface area contributed by atoms with Crippen LogP contribution in [0.1, 0.15) is 85.5 Å². The maximum absolute atomic E-state index is 10.2. The Kier molecular flexibility index (Phi) is 12.2. The summed E-state index contributed by atoms with van der Waals surface area (Å²) in [6.45, 7) is 9.79. The lowest BCUT2D eigenvalue weighted by molar-refractivity contribution is 0.0817. The second kappa shape index (κ2) is 12.2. The average Bonchev–Trinajstić information content (AvgIpc) is 2.53. The summed E-state index contributed by atoms with van der Waals surface area (Å²) in [6, 6.07) is 0. The molecule has 2 unspecified atom stereocenters. The predicted octanol–water partition coefficient (Wildman–Crippen LogP) is 3.91. The molecule has 0 heterocycles. The first-order valence-electron chi connectivity index (χ1n) is 9.58. The zero-order valence-electron chi connectivity index (χ0n) is 16.7. The van der Waals surface area contributed by atoms with E-state index in [2.05, 4.69) is 27.7 Å². The van der Waals surface area contributed by atoms with Crippen molar-refractivity contribution < 1.29 is 20.1 Å². The fraction of sp³-hybridized carbons (Fsp3) is 1.00. The SMILES string of the molecule is COCCC(C)(C)CCC(O)CCC(O)CCC(C)(C)CCCO. The van der Waals surface area contributed by atoms with Crippen molar-refractivity contribution in [3.8, 4) is 0 Å². The molecule has 0 saturated carbocycles. The van der Waals surface area contributed by atoms with Gasteiger partial charge in [-0.05, 0) is 68.6 Å². The Balaban J connectivity index is 3.91. The predicted molar refractivity (Wildman–Crippen MR) is 100 cm³/mol. The van der Waals surface area contributed by atoms with Crippen molar-refractivity contribution in [2.75, 3.05) is 20.3 Å². The molecule has 0 aromatic carbocycles. The Morgan fingerprint density at radius 1 is 0.750 bits per heavy atom. The third-order valence-electron chi connectivity index (χ3n) is 5.14. The Morgan fingerprint density at radius 3 is 1.62 bits per heavy atom. The van der Waals surface area contributed by atoms with Gasteiger partial charge in [-0.1, -0.05) is 27.7 Å². The molecule has 0 amide bonds. The van der Waals surface area contributed by atoms with Crippen molar-refractivity contribution >= 4 is 0 Å². The second-order valence-electron chi connectivity index (χ2n) is 8.86. The molecule has 2 atom stereocenters. The van der Waals surface area contributed by atoms with Gasteiger partial charge in [0.1, 0.15) is 0 Å². The fourth-order valence-corrected chi connectivity index (χ4v) is 2.97. The summed E-state index contributed by atoms with van der Waals surface area (Å²) >= 11 is 0. The van der Waals surface area contributed by atoms with E-state index in [4.69, 9.17) is 9.84 Å². The first-order valence-corrected chi connectivity index (χ1v) is 9.58. The van der Waals surface area contributed by atoms with Crippen molar-refractivity contribution in [1.29, 1.82) is 0 Å². The lowest BCUT2D eigenvalue weighted by Gasteiger charge is -2.27. The van der Waals surface area contributed by atoms with Crippen LogP contribution in [0.25, 0.3) is 0 Å². The molecule has 0 bridgehead atoms. The average molecular weight is 347 g/mol. The molecule has 0 aromatic heterocycles. The summed E-state index contributed by atoms with van der Waals surface area (Å²) in [5, 5.41) is 29.2. The maximum atomic E-state index is 10.2. The quantitative estimate of drug-likeness (QED) is 0.420. The first kappa shape index (κ1) is 23.8. The molecule has 0 aliphatic rings. The molecule has 0 aliphatic carbocycles. The monoisotopic (exact) mass is 346 g/mol. The highest BCUT2D eigenvalue weighted by atomic mass is 16.5. The zero-order chi connectivity index (χ0) is 18.6. The number of hydrogen-bond donors (Lipinski definition) is 3. The van der Waals surface area contributed by atoms with Gasteiger partial charge in [0, 0.05) is 20.3 Å². The highest BCUT2D eigenvalue weighted by Gasteiger charge is 2.21. The van der Waals surface area contributed by atoms with E-state index in [1.54, 1.807) is 7.11 Å². The number of hydrogen-bond acceptors (Lipinski definition) is 4. The third-order valence-corrected chi connectivity index (χ3v) is 5.14. The number of ether oxygens (including phenoxy) is 1. The van der Waals surface area contributed by atoms with Crippen LogP contribution in [0.2, 0.25) is 0 Å². The Bertz CT molecular complexity index is 272. The summed E-state index contributed by atoms with van der Waals surface area (Å²) in [5.41, 5.74) is 0.347. The van der Waals surface area contributed by atoms with Crippen molar-refractivity contribution in [2.24, 2.45) is 10.8 Å². The number of rotatable bonds is 15. The van der Waals surface area contributed by atoms with Crippen LogP contribution in [0.3, 0.4) is 0 Å². The fourth-order valence-electron chi connectivity index (χ4n) is 2.97. The largest absolute Gasteiger partial charge is 0.396 e. The molecule has 0 aliphatic heterocycles. The van der Waals surface area contributed by atoms with E-state index in [9.17, 15) is 10.2 Å². The van der Waals surface area contributed by atoms with Gasteiger partial charge in [0.25, 0.3) is 0 Å². The lowest BCUT2D eigenvalue weighted by Crippen LogP contribution is -2.20. The summed E-state index contributed by atoms with van der Waals surface area (Å²) in [4.78, 5) is 0. The van der Waals surface area contributed by atoms with Crippen LogP contribution in [0.4, 0.5) is 0 Å². The normalized spacial score (nSPS) is 15.5. The van der Waals surface area contributed by atoms with Crippen LogP contribution in [-0.2, 0) is 4.74 Å². The van der Waals surface area contributed by atoms with E-state index in [1.807, 2.05) is 0 Å². The van der Waals surface area contributed by atoms with Gasteiger partial charge in [-0.15, -0.1) is 0 Å². The highest BCUT2D eigenvalue weighted by molar-refractivity contribution is 4.73. The van der Waals surface area contributed by atoms with Crippen molar-refractivity contribution in [3.05, 3.63) is 0 Å². The third kappa shape index (κ3) is 13.2. The van der Waals surface area contributed by atoms with Crippen molar-refractivity contribution in [1.82, 2.24) is 0 Å². The summed E-state index contributed by atoms with van der Waals surface area (Å²) in [5.74, 6) is 0. The molecular weight excluding hydrogens is 304 g/mol. The molecular formula is C20H42O4. The number of methoxy groups -OCH3 is 1. The molecule has 4 nitrogen and oxygen atoms in total. The van der Waals surface area contributed by atoms with Crippen LogP contribution in [-0.4, -0.2) is 47.9 Å². The first-order chi connectivity index (χ1) is 11.1. The van der Waals surface area contributed by atoms with Gasteiger partial charge >= 0.3 is 0 Å². The second-order valence-corrected chi connectivity index (χ2v) is 8.86. The van der Waals surface area contributed by atoms with Crippen molar-refractivity contribution in [2.45, 2.75) is 97.7 Å². The molecule has 4 heteroatoms. The van der Waals surface area contributed by atoms with Gasteiger partial charge in [0.05, 0.1) is 12.2 Å². The Labute approximate surface area is 149 Å². The zero-order valence-corrected chi connectivity index (χ0v) is 16.7. The Hall–Kier alpha value is -0.160. The molecule has 24 heavy (non-hydrogen) atoms. The van der Waals surface area contributed by atoms with Crippen molar-refractivity contribution in [3.63, 3.8) is 0 Å². The molecule has 0 saturated heterocycles. The van der Waals surface area contributed by atoms with E-state index >= 15 is 0 Å². The standard InChI is InChI=1S/C20H42O4/c1-19(2,11-6-15-21)12-9-17(22)7-8-18(23)10-13-20(3,4)14-16-24-5/h17-18,21-23H,6-16H2,1-5H3. The van der Waals surface area contributed by atoms with Crippen LogP contribution in [0.15, 0.2) is 0 Å². The topological polar surface area (TPSA) is 69.9 Å². The molecule has 146 valence electrons. The molecule has 3 N–H and O–H groups in total. The molecule has 0 rings (SSSR count). The van der Waals surface area contributed by atoms with E-state index in [0.29, 0.717) is 12.8 Å². The van der Waals surface area contributed by atoms with Crippen LogP contribution in [0.5, 0.6) is 0 Å². The van der Waals surface area contributed by atoms with Gasteiger partial charge in [-0.2, -0.15) is 0 Å². The summed E-state index contributed by atoms with van der Waals surface area (Å²) in [7, 11) is 1.72.